The van der Waals surface area contributed by atoms with E-state index in [-0.39, 0.29) is 17.3 Å². The highest BCUT2D eigenvalue weighted by atomic mass is 16.7. The van der Waals surface area contributed by atoms with Gasteiger partial charge in [0.25, 0.3) is 0 Å². The molecule has 0 aromatic carbocycles. The van der Waals surface area contributed by atoms with Gasteiger partial charge in [-0.05, 0) is 61.3 Å². The molecule has 0 aromatic rings. The second kappa shape index (κ2) is 9.94. The second-order valence-corrected chi connectivity index (χ2v) is 11.1. The number of aliphatic hydroxyl groups excluding tert-OH is 4. The van der Waals surface area contributed by atoms with Crippen molar-refractivity contribution in [2.45, 2.75) is 90.0 Å². The Morgan fingerprint density at radius 2 is 1.91 bits per heavy atom. The summed E-state index contributed by atoms with van der Waals surface area (Å²) in [7, 11) is 0. The van der Waals surface area contributed by atoms with Crippen LogP contribution in [0.3, 0.4) is 0 Å². The molecule has 1 saturated heterocycles. The molecule has 0 bridgehead atoms. The van der Waals surface area contributed by atoms with E-state index in [1.54, 1.807) is 6.08 Å². The first-order chi connectivity index (χ1) is 16.5. The highest BCUT2D eigenvalue weighted by Gasteiger charge is 2.56. The lowest BCUT2D eigenvalue weighted by Gasteiger charge is -2.58. The molecule has 4 N–H and O–H groups in total. The number of cyclic esters (lactones) is 1. The smallest absolute Gasteiger partial charge is 0.336 e. The molecule has 9 heteroatoms. The van der Waals surface area contributed by atoms with E-state index in [1.807, 2.05) is 6.08 Å². The van der Waals surface area contributed by atoms with Crippen LogP contribution in [0.25, 0.3) is 0 Å². The van der Waals surface area contributed by atoms with Gasteiger partial charge >= 0.3 is 11.9 Å². The number of rotatable bonds is 6. The van der Waals surface area contributed by atoms with Gasteiger partial charge in [-0.15, -0.1) is 0 Å². The monoisotopic (exact) mass is 494 g/mol. The Hall–Kier alpha value is -1.78. The summed E-state index contributed by atoms with van der Waals surface area (Å²) in [6, 6.07) is 0. The van der Waals surface area contributed by atoms with Gasteiger partial charge in [0, 0.05) is 17.1 Å². The van der Waals surface area contributed by atoms with E-state index in [4.69, 9.17) is 14.2 Å². The summed E-state index contributed by atoms with van der Waals surface area (Å²) < 4.78 is 16.0. The van der Waals surface area contributed by atoms with Crippen molar-refractivity contribution in [2.24, 2.45) is 22.7 Å². The van der Waals surface area contributed by atoms with Crippen molar-refractivity contribution in [3.05, 3.63) is 23.3 Å². The van der Waals surface area contributed by atoms with Gasteiger partial charge in [0.15, 0.2) is 0 Å². The van der Waals surface area contributed by atoms with Crippen molar-refractivity contribution >= 4 is 11.9 Å². The largest absolute Gasteiger partial charge is 0.458 e. The van der Waals surface area contributed by atoms with Gasteiger partial charge < -0.3 is 34.6 Å². The third-order valence-electron chi connectivity index (χ3n) is 9.20. The number of fused-ring (bicyclic) bond motifs is 1. The normalized spacial score (nSPS) is 43.6. The zero-order valence-corrected chi connectivity index (χ0v) is 20.7. The molecule has 2 aliphatic carbocycles. The number of ether oxygens (including phenoxy) is 3. The van der Waals surface area contributed by atoms with Crippen LogP contribution in [0, 0.1) is 22.7 Å². The summed E-state index contributed by atoms with van der Waals surface area (Å²) in [5, 5.41) is 39.8. The topological polar surface area (TPSA) is 143 Å². The van der Waals surface area contributed by atoms with Gasteiger partial charge in [0.1, 0.15) is 31.0 Å². The summed E-state index contributed by atoms with van der Waals surface area (Å²) >= 11 is 0. The number of carbonyl (C=O) groups excluding carboxylic acids is 2. The molecule has 2 aliphatic heterocycles. The quantitative estimate of drug-likeness (QED) is 0.403. The van der Waals surface area contributed by atoms with E-state index < -0.39 is 48.7 Å². The van der Waals surface area contributed by atoms with Gasteiger partial charge in [0.05, 0.1) is 6.61 Å². The first-order valence-electron chi connectivity index (χ1n) is 12.6. The Morgan fingerprint density at radius 1 is 1.17 bits per heavy atom. The number of allylic oxidation sites excluding steroid dienone is 1. The lowest BCUT2D eigenvalue weighted by Crippen LogP contribution is -2.59. The first-order valence-corrected chi connectivity index (χ1v) is 12.6. The Bertz CT molecular complexity index is 895. The SMILES string of the molecule is CC1CCC2(C)C(C(=O)OC3OC(CO)C(O)C(O)C3O)=CCCC2C1(C)CCC1=CC(=O)OC1. The molecule has 0 aromatic heterocycles. The van der Waals surface area contributed by atoms with Crippen molar-refractivity contribution in [1.82, 2.24) is 0 Å². The second-order valence-electron chi connectivity index (χ2n) is 11.1. The molecular weight excluding hydrogens is 456 g/mol. The predicted molar refractivity (Wildman–Crippen MR) is 124 cm³/mol. The van der Waals surface area contributed by atoms with Crippen molar-refractivity contribution in [3.8, 4) is 0 Å². The molecule has 1 saturated carbocycles. The van der Waals surface area contributed by atoms with Crippen LogP contribution in [-0.4, -0.2) is 76.3 Å². The highest BCUT2D eigenvalue weighted by Crippen LogP contribution is 2.62. The van der Waals surface area contributed by atoms with Gasteiger partial charge in [-0.25, -0.2) is 9.59 Å². The fourth-order valence-corrected chi connectivity index (χ4v) is 6.75. The first kappa shape index (κ1) is 26.3. The van der Waals surface area contributed by atoms with E-state index in [0.29, 0.717) is 24.5 Å². The maximum atomic E-state index is 13.4. The van der Waals surface area contributed by atoms with Crippen molar-refractivity contribution in [1.29, 1.82) is 0 Å². The Morgan fingerprint density at radius 3 is 2.57 bits per heavy atom. The number of aliphatic hydroxyl groups is 4. The van der Waals surface area contributed by atoms with E-state index >= 15 is 0 Å². The summed E-state index contributed by atoms with van der Waals surface area (Å²) in [4.78, 5) is 24.9. The molecule has 0 spiro atoms. The standard InChI is InChI=1S/C26H38O9/c1-14-7-9-26(3)16(23(32)35-24-22(31)21(30)20(29)17(12-27)34-24)5-4-6-18(26)25(14,2)10-8-15-11-19(28)33-13-15/h5,11,14,17-18,20-22,24,27,29-31H,4,6-10,12-13H2,1-3H3. The molecule has 0 radical (unpaired) electrons. The maximum absolute atomic E-state index is 13.4. The van der Waals surface area contributed by atoms with Crippen LogP contribution in [-0.2, 0) is 23.8 Å². The molecule has 2 heterocycles. The van der Waals surface area contributed by atoms with E-state index in [1.165, 1.54) is 0 Å². The molecule has 0 amide bonds. The molecule has 2 fully saturated rings. The van der Waals surface area contributed by atoms with Crippen LogP contribution >= 0.6 is 0 Å². The Kier molecular flexibility index (Phi) is 7.46. The number of hydrogen-bond acceptors (Lipinski definition) is 9. The van der Waals surface area contributed by atoms with Gasteiger partial charge in [-0.3, -0.25) is 0 Å². The van der Waals surface area contributed by atoms with Crippen molar-refractivity contribution in [2.75, 3.05) is 13.2 Å². The third-order valence-corrected chi connectivity index (χ3v) is 9.20. The average Bonchev–Trinajstić information content (AvgIpc) is 3.25. The maximum Gasteiger partial charge on any atom is 0.336 e. The highest BCUT2D eigenvalue weighted by molar-refractivity contribution is 5.90. The minimum Gasteiger partial charge on any atom is -0.458 e. The van der Waals surface area contributed by atoms with Crippen molar-refractivity contribution < 1.29 is 44.2 Å². The average molecular weight is 495 g/mol. The molecule has 4 aliphatic rings. The fourth-order valence-electron chi connectivity index (χ4n) is 6.75. The lowest BCUT2D eigenvalue weighted by atomic mass is 9.46. The van der Waals surface area contributed by atoms with Gasteiger partial charge in [-0.2, -0.15) is 0 Å². The molecule has 4 rings (SSSR count). The minimum absolute atomic E-state index is 0.0671. The molecular formula is C26H38O9. The number of hydrogen-bond donors (Lipinski definition) is 4. The van der Waals surface area contributed by atoms with Crippen LogP contribution < -0.4 is 0 Å². The zero-order valence-electron chi connectivity index (χ0n) is 20.7. The predicted octanol–water partition coefficient (Wildman–Crippen LogP) is 1.37. The van der Waals surface area contributed by atoms with Crippen LogP contribution in [0.15, 0.2) is 23.3 Å². The van der Waals surface area contributed by atoms with Crippen LogP contribution in [0.2, 0.25) is 0 Å². The van der Waals surface area contributed by atoms with Crippen molar-refractivity contribution in [3.63, 3.8) is 0 Å². The summed E-state index contributed by atoms with van der Waals surface area (Å²) in [6.07, 6.45) is 1.14. The lowest BCUT2D eigenvalue weighted by molar-refractivity contribution is -0.291. The van der Waals surface area contributed by atoms with Crippen LogP contribution in [0.1, 0.15) is 59.3 Å². The summed E-state index contributed by atoms with van der Waals surface area (Å²) in [6.45, 7) is 6.40. The minimum atomic E-state index is -1.63. The third kappa shape index (κ3) is 4.69. The molecule has 35 heavy (non-hydrogen) atoms. The number of carbonyl (C=O) groups is 2. The van der Waals surface area contributed by atoms with Crippen LogP contribution in [0.5, 0.6) is 0 Å². The summed E-state index contributed by atoms with van der Waals surface area (Å²) in [5.41, 5.74) is 1.04. The van der Waals surface area contributed by atoms with Crippen LogP contribution in [0.4, 0.5) is 0 Å². The van der Waals surface area contributed by atoms with E-state index in [2.05, 4.69) is 20.8 Å². The Balaban J connectivity index is 1.52. The van der Waals surface area contributed by atoms with E-state index in [9.17, 15) is 30.0 Å². The van der Waals surface area contributed by atoms with E-state index in [0.717, 1.165) is 37.7 Å². The molecule has 196 valence electrons. The van der Waals surface area contributed by atoms with Gasteiger partial charge in [-0.1, -0.05) is 26.8 Å². The number of esters is 2. The molecule has 9 atom stereocenters. The Labute approximate surface area is 205 Å². The molecule has 9 unspecified atom stereocenters. The summed E-state index contributed by atoms with van der Waals surface area (Å²) in [5.74, 6) is -0.263. The molecule has 9 nitrogen and oxygen atoms in total. The van der Waals surface area contributed by atoms with Gasteiger partial charge in [0.2, 0.25) is 6.29 Å². The fraction of sp³-hybridized carbons (Fsp3) is 0.769. The zero-order chi connectivity index (χ0) is 25.5.